The first-order valence-corrected chi connectivity index (χ1v) is 14.1. The lowest BCUT2D eigenvalue weighted by Crippen LogP contribution is -2.50. The first kappa shape index (κ1) is 23.0. The first-order valence-electron chi connectivity index (χ1n) is 14.1. The molecule has 0 radical (unpaired) electrons. The Hall–Kier alpha value is -5.73. The summed E-state index contributed by atoms with van der Waals surface area (Å²) in [4.78, 5) is 2.30. The van der Waals surface area contributed by atoms with E-state index < -0.39 is 0 Å². The van der Waals surface area contributed by atoms with E-state index in [9.17, 15) is 5.26 Å². The lowest BCUT2D eigenvalue weighted by atomic mass is 9.65. The van der Waals surface area contributed by atoms with Gasteiger partial charge in [-0.05, 0) is 70.7 Å². The predicted octanol–water partition coefficient (Wildman–Crippen LogP) is 8.23. The second-order valence-electron chi connectivity index (χ2n) is 10.9. The Labute approximate surface area is 243 Å². The molecule has 6 aromatic carbocycles. The van der Waals surface area contributed by atoms with E-state index >= 15 is 0 Å². The van der Waals surface area contributed by atoms with Crippen LogP contribution >= 0.6 is 0 Å². The number of fused-ring (bicyclic) bond motifs is 11. The molecule has 7 aromatic rings. The van der Waals surface area contributed by atoms with Gasteiger partial charge in [0.1, 0.15) is 5.75 Å². The van der Waals surface area contributed by atoms with Crippen LogP contribution < -0.4 is 14.9 Å². The number of nitrogens with zero attached hydrogens (tertiary/aromatic N) is 3. The van der Waals surface area contributed by atoms with Gasteiger partial charge < -0.3 is 14.0 Å². The highest BCUT2D eigenvalue weighted by atomic mass is 16.5. The average Bonchev–Trinajstić information content (AvgIpc) is 3.61. The van der Waals surface area contributed by atoms with Gasteiger partial charge in [-0.25, -0.2) is 0 Å². The van der Waals surface area contributed by atoms with Gasteiger partial charge in [0.15, 0.2) is 0 Å². The van der Waals surface area contributed by atoms with Crippen LogP contribution in [0.15, 0.2) is 133 Å². The summed E-state index contributed by atoms with van der Waals surface area (Å²) in [5.74, 6) is 0.838. The molecule has 4 nitrogen and oxygen atoms in total. The molecule has 2 aliphatic rings. The van der Waals surface area contributed by atoms with Crippen molar-refractivity contribution in [2.45, 2.75) is 0 Å². The minimum absolute atomic E-state index is 0.222. The Balaban J connectivity index is 1.21. The second-order valence-corrected chi connectivity index (χ2v) is 10.9. The number of benzene rings is 6. The Morgan fingerprint density at radius 2 is 1.29 bits per heavy atom. The molecule has 0 saturated heterocycles. The molecule has 2 aliphatic heterocycles. The van der Waals surface area contributed by atoms with E-state index in [4.69, 9.17) is 4.65 Å². The van der Waals surface area contributed by atoms with E-state index in [0.717, 1.165) is 50.4 Å². The molecule has 0 saturated carbocycles. The molecule has 0 bridgehead atoms. The van der Waals surface area contributed by atoms with Crippen molar-refractivity contribution in [2.75, 3.05) is 4.81 Å². The van der Waals surface area contributed by atoms with Crippen LogP contribution in [0.5, 0.6) is 5.75 Å². The molecule has 0 fully saturated rings. The van der Waals surface area contributed by atoms with Crippen LogP contribution in [0, 0.1) is 11.3 Å². The van der Waals surface area contributed by atoms with Gasteiger partial charge in [-0.3, -0.25) is 0 Å². The van der Waals surface area contributed by atoms with Crippen molar-refractivity contribution in [3.05, 3.63) is 139 Å². The molecular formula is C37H22BN3O. The molecule has 194 valence electrons. The van der Waals surface area contributed by atoms with Crippen LogP contribution in [0.4, 0.5) is 11.4 Å². The van der Waals surface area contributed by atoms with Gasteiger partial charge in [0, 0.05) is 27.7 Å². The SMILES string of the molecule is N#Cc1cc(-c2ccc3c(c2)OB2c4ccccc4-c4ccccc4N23)cc(-n2c3ccccc3c3ccccc32)c1. The Morgan fingerprint density at radius 3 is 2.07 bits per heavy atom. The monoisotopic (exact) mass is 535 g/mol. The van der Waals surface area contributed by atoms with Gasteiger partial charge in [-0.15, -0.1) is 0 Å². The van der Waals surface area contributed by atoms with Gasteiger partial charge in [0.05, 0.1) is 28.4 Å². The fraction of sp³-hybridized carbons (Fsp3) is 0. The van der Waals surface area contributed by atoms with E-state index in [2.05, 4.69) is 137 Å². The van der Waals surface area contributed by atoms with Crippen molar-refractivity contribution in [2.24, 2.45) is 0 Å². The molecule has 0 aliphatic carbocycles. The molecule has 0 spiro atoms. The molecule has 9 rings (SSSR count). The minimum Gasteiger partial charge on any atom is -0.536 e. The van der Waals surface area contributed by atoms with Crippen LogP contribution in [0.25, 0.3) is 49.7 Å². The number of aromatic nitrogens is 1. The lowest BCUT2D eigenvalue weighted by molar-refractivity contribution is 0.603. The number of para-hydroxylation sites is 3. The van der Waals surface area contributed by atoms with Crippen molar-refractivity contribution in [3.63, 3.8) is 0 Å². The summed E-state index contributed by atoms with van der Waals surface area (Å²) in [6.45, 7) is 0. The van der Waals surface area contributed by atoms with Crippen LogP contribution in [-0.4, -0.2) is 11.6 Å². The van der Waals surface area contributed by atoms with Crippen molar-refractivity contribution in [1.29, 1.82) is 5.26 Å². The van der Waals surface area contributed by atoms with E-state index in [-0.39, 0.29) is 7.05 Å². The maximum Gasteiger partial charge on any atom is 0.524 e. The number of hydrogen-bond acceptors (Lipinski definition) is 3. The third-order valence-corrected chi connectivity index (χ3v) is 8.59. The molecule has 0 atom stereocenters. The lowest BCUT2D eigenvalue weighted by Gasteiger charge is -2.31. The largest absolute Gasteiger partial charge is 0.536 e. The Bertz CT molecular complexity index is 2230. The van der Waals surface area contributed by atoms with Crippen LogP contribution in [-0.2, 0) is 0 Å². The summed E-state index contributed by atoms with van der Waals surface area (Å²) in [7, 11) is -0.222. The van der Waals surface area contributed by atoms with Gasteiger partial charge in [-0.2, -0.15) is 5.26 Å². The number of rotatable bonds is 2. The highest BCUT2D eigenvalue weighted by Crippen LogP contribution is 2.48. The molecule has 42 heavy (non-hydrogen) atoms. The first-order chi connectivity index (χ1) is 20.8. The molecular weight excluding hydrogens is 513 g/mol. The summed E-state index contributed by atoms with van der Waals surface area (Å²) in [6, 6.07) is 48.8. The van der Waals surface area contributed by atoms with Crippen molar-refractivity contribution in [1.82, 2.24) is 4.57 Å². The molecule has 0 amide bonds. The van der Waals surface area contributed by atoms with E-state index in [1.165, 1.54) is 21.9 Å². The minimum atomic E-state index is -0.222. The third-order valence-electron chi connectivity index (χ3n) is 8.59. The number of anilines is 2. The number of hydrogen-bond donors (Lipinski definition) is 0. The smallest absolute Gasteiger partial charge is 0.524 e. The van der Waals surface area contributed by atoms with E-state index in [0.29, 0.717) is 5.56 Å². The summed E-state index contributed by atoms with van der Waals surface area (Å²) in [6.07, 6.45) is 0. The molecule has 0 N–H and O–H groups in total. The quantitative estimate of drug-likeness (QED) is 0.210. The summed E-state index contributed by atoms with van der Waals surface area (Å²) in [5, 5.41) is 12.4. The van der Waals surface area contributed by atoms with Crippen molar-refractivity contribution < 1.29 is 4.65 Å². The fourth-order valence-electron chi connectivity index (χ4n) is 6.79. The molecule has 1 aromatic heterocycles. The van der Waals surface area contributed by atoms with Gasteiger partial charge in [0.2, 0.25) is 0 Å². The number of nitriles is 1. The van der Waals surface area contributed by atoms with Crippen LogP contribution in [0.2, 0.25) is 0 Å². The van der Waals surface area contributed by atoms with Crippen molar-refractivity contribution in [3.8, 4) is 39.8 Å². The highest BCUT2D eigenvalue weighted by Gasteiger charge is 2.44. The molecule has 0 unspecified atom stereocenters. The normalized spacial score (nSPS) is 12.8. The predicted molar refractivity (Wildman–Crippen MR) is 171 cm³/mol. The van der Waals surface area contributed by atoms with Gasteiger partial charge in [0.25, 0.3) is 0 Å². The summed E-state index contributed by atoms with van der Waals surface area (Å²) in [5.41, 5.74) is 11.6. The zero-order valence-electron chi connectivity index (χ0n) is 22.5. The fourth-order valence-corrected chi connectivity index (χ4v) is 6.79. The maximum absolute atomic E-state index is 10.0. The Kier molecular flexibility index (Phi) is 4.73. The van der Waals surface area contributed by atoms with E-state index in [1.54, 1.807) is 0 Å². The third kappa shape index (κ3) is 3.18. The van der Waals surface area contributed by atoms with E-state index in [1.807, 2.05) is 12.1 Å². The van der Waals surface area contributed by atoms with Gasteiger partial charge >= 0.3 is 7.05 Å². The van der Waals surface area contributed by atoms with Crippen LogP contribution in [0.1, 0.15) is 5.56 Å². The Morgan fingerprint density at radius 1 is 0.595 bits per heavy atom. The zero-order valence-corrected chi connectivity index (χ0v) is 22.5. The standard InChI is InChI=1S/C37H22BN3O/c39-23-24-19-26(21-27(20-24)40-33-14-6-2-11-30(33)31-12-3-7-15-34(31)40)25-17-18-36-37(22-25)42-38-32-13-5-1-9-28(32)29-10-4-8-16-35(29)41(36)38/h1-22H. The molecule has 3 heterocycles. The summed E-state index contributed by atoms with van der Waals surface area (Å²) >= 11 is 0. The maximum atomic E-state index is 10.0. The second kappa shape index (κ2) is 8.64. The molecule has 5 heteroatoms. The highest BCUT2D eigenvalue weighted by molar-refractivity contribution is 6.77. The topological polar surface area (TPSA) is 41.2 Å². The van der Waals surface area contributed by atoms with Crippen LogP contribution in [0.3, 0.4) is 0 Å². The van der Waals surface area contributed by atoms with Gasteiger partial charge in [-0.1, -0.05) is 84.9 Å². The zero-order chi connectivity index (χ0) is 27.8. The van der Waals surface area contributed by atoms with Crippen molar-refractivity contribution >= 4 is 45.7 Å². The average molecular weight is 535 g/mol. The summed E-state index contributed by atoms with van der Waals surface area (Å²) < 4.78 is 8.94.